The highest BCUT2D eigenvalue weighted by molar-refractivity contribution is 7.92. The van der Waals surface area contributed by atoms with Gasteiger partial charge >= 0.3 is 11.9 Å². The second-order valence-corrected chi connectivity index (χ2v) is 13.2. The summed E-state index contributed by atoms with van der Waals surface area (Å²) in [7, 11) is -4.27. The number of amides is 2. The Kier molecular flexibility index (Phi) is 11.8. The Balaban J connectivity index is 1.81. The minimum absolute atomic E-state index is 0.0364. The Morgan fingerprint density at radius 3 is 2.36 bits per heavy atom. The number of nitrogens with one attached hydrogen (secondary N) is 1. The number of carbonyl (C=O) groups is 4. The number of benzene rings is 1. The standard InChI is InChI=1S/C26H30ClN3O9S3/c1-5-37-11-10-30-17-9-8-16(27)12-18(17)40-26(30)29-20(32)14-42(35,36)13-19(31)28-23-21(24(33)38-6-2)15(4)22(41-23)25(34)39-7-3/h8-9,12H,5-7,10-11,13-14H2,1-4H3,(H,28,31). The molecule has 0 atom stereocenters. The van der Waals surface area contributed by atoms with Crippen LogP contribution >= 0.6 is 34.3 Å². The summed E-state index contributed by atoms with van der Waals surface area (Å²) in [5.41, 5.74) is 0.901. The third-order valence-corrected chi connectivity index (χ3v) is 9.42. The van der Waals surface area contributed by atoms with Crippen LogP contribution in [0.25, 0.3) is 10.2 Å². The molecule has 1 N–H and O–H groups in total. The van der Waals surface area contributed by atoms with Gasteiger partial charge in [0, 0.05) is 18.2 Å². The third-order valence-electron chi connectivity index (χ3n) is 5.56. The van der Waals surface area contributed by atoms with Gasteiger partial charge in [0.2, 0.25) is 5.91 Å². The Labute approximate surface area is 255 Å². The number of ether oxygens (including phenoxy) is 3. The molecule has 42 heavy (non-hydrogen) atoms. The molecule has 0 spiro atoms. The second kappa shape index (κ2) is 14.9. The van der Waals surface area contributed by atoms with Crippen LogP contribution in [0.2, 0.25) is 5.02 Å². The number of thiazole rings is 1. The second-order valence-electron chi connectivity index (χ2n) is 8.63. The fourth-order valence-electron chi connectivity index (χ4n) is 3.83. The zero-order valence-corrected chi connectivity index (χ0v) is 26.6. The summed E-state index contributed by atoms with van der Waals surface area (Å²) in [5, 5.41) is 2.80. The smallest absolute Gasteiger partial charge is 0.348 e. The van der Waals surface area contributed by atoms with Crippen LogP contribution < -0.4 is 10.1 Å². The molecule has 0 unspecified atom stereocenters. The predicted octanol–water partition coefficient (Wildman–Crippen LogP) is 3.60. The average molecular weight is 660 g/mol. The molecule has 2 aromatic heterocycles. The number of esters is 2. The molecule has 3 aromatic rings. The molecule has 0 radical (unpaired) electrons. The largest absolute Gasteiger partial charge is 0.462 e. The number of carbonyl (C=O) groups excluding carboxylic acids is 4. The monoisotopic (exact) mass is 659 g/mol. The first kappa shape index (κ1) is 33.4. The number of aromatic nitrogens is 1. The molecule has 16 heteroatoms. The zero-order chi connectivity index (χ0) is 31.0. The molecule has 228 valence electrons. The lowest BCUT2D eigenvalue weighted by molar-refractivity contribution is -0.115. The number of nitrogens with zero attached hydrogens (tertiary/aromatic N) is 2. The van der Waals surface area contributed by atoms with Crippen LogP contribution in [0.4, 0.5) is 5.00 Å². The van der Waals surface area contributed by atoms with Crippen LogP contribution in [-0.2, 0) is 40.2 Å². The predicted molar refractivity (Wildman–Crippen MR) is 160 cm³/mol. The maximum absolute atomic E-state index is 12.8. The van der Waals surface area contributed by atoms with Crippen LogP contribution in [-0.4, -0.2) is 74.7 Å². The Morgan fingerprint density at radius 2 is 1.69 bits per heavy atom. The van der Waals surface area contributed by atoms with E-state index in [-0.39, 0.29) is 39.0 Å². The van der Waals surface area contributed by atoms with Gasteiger partial charge in [-0.25, -0.2) is 18.0 Å². The van der Waals surface area contributed by atoms with E-state index in [9.17, 15) is 27.6 Å². The number of hydrogen-bond acceptors (Lipinski definition) is 11. The molecule has 3 rings (SSSR count). The summed E-state index contributed by atoms with van der Waals surface area (Å²) in [6.45, 7) is 7.88. The molecule has 0 saturated heterocycles. The average Bonchev–Trinajstić information content (AvgIpc) is 3.39. The summed E-state index contributed by atoms with van der Waals surface area (Å²) in [6.07, 6.45) is 0. The van der Waals surface area contributed by atoms with Crippen molar-refractivity contribution in [1.29, 1.82) is 0 Å². The third kappa shape index (κ3) is 8.47. The quantitative estimate of drug-likeness (QED) is 0.214. The van der Waals surface area contributed by atoms with Crippen molar-refractivity contribution >= 4 is 83.1 Å². The summed E-state index contributed by atoms with van der Waals surface area (Å²) in [6, 6.07) is 5.18. The lowest BCUT2D eigenvalue weighted by Crippen LogP contribution is -2.28. The fraction of sp³-hybridized carbons (Fsp3) is 0.423. The van der Waals surface area contributed by atoms with E-state index in [1.165, 1.54) is 6.92 Å². The van der Waals surface area contributed by atoms with Crippen molar-refractivity contribution in [2.75, 3.05) is 43.3 Å². The van der Waals surface area contributed by atoms with Gasteiger partial charge in [-0.2, -0.15) is 4.99 Å². The van der Waals surface area contributed by atoms with Gasteiger partial charge in [-0.15, -0.1) is 11.3 Å². The minimum atomic E-state index is -4.27. The lowest BCUT2D eigenvalue weighted by atomic mass is 10.1. The van der Waals surface area contributed by atoms with E-state index >= 15 is 0 Å². The molecule has 0 fully saturated rings. The molecule has 0 aliphatic heterocycles. The molecule has 2 heterocycles. The SMILES string of the molecule is CCOCCn1c(=NC(=O)CS(=O)(=O)CC(=O)Nc2sc(C(=O)OCC)c(C)c2C(=O)OCC)sc2cc(Cl)ccc21. The van der Waals surface area contributed by atoms with Gasteiger partial charge in [-0.1, -0.05) is 22.9 Å². The normalized spacial score (nSPS) is 12.0. The van der Waals surface area contributed by atoms with Gasteiger partial charge in [0.05, 0.1) is 35.6 Å². The summed E-state index contributed by atoms with van der Waals surface area (Å²) < 4.78 is 43.5. The van der Waals surface area contributed by atoms with Crippen LogP contribution in [0.1, 0.15) is 46.4 Å². The van der Waals surface area contributed by atoms with Crippen LogP contribution in [0.5, 0.6) is 0 Å². The van der Waals surface area contributed by atoms with Crippen LogP contribution in [0, 0.1) is 6.92 Å². The number of hydrogen-bond donors (Lipinski definition) is 1. The van der Waals surface area contributed by atoms with E-state index in [1.54, 1.807) is 36.6 Å². The van der Waals surface area contributed by atoms with E-state index in [4.69, 9.17) is 25.8 Å². The first-order valence-electron chi connectivity index (χ1n) is 12.8. The van der Waals surface area contributed by atoms with Crippen molar-refractivity contribution in [1.82, 2.24) is 4.57 Å². The minimum Gasteiger partial charge on any atom is -0.462 e. The maximum Gasteiger partial charge on any atom is 0.348 e. The van der Waals surface area contributed by atoms with E-state index in [2.05, 4.69) is 10.3 Å². The van der Waals surface area contributed by atoms with Crippen LogP contribution in [0.15, 0.2) is 23.2 Å². The highest BCUT2D eigenvalue weighted by Gasteiger charge is 2.29. The van der Waals surface area contributed by atoms with Gasteiger partial charge in [-0.3, -0.25) is 9.59 Å². The molecule has 0 aliphatic carbocycles. The van der Waals surface area contributed by atoms with Gasteiger partial charge in [0.1, 0.15) is 21.4 Å². The number of rotatable bonds is 13. The van der Waals surface area contributed by atoms with Crippen molar-refractivity contribution in [3.63, 3.8) is 0 Å². The van der Waals surface area contributed by atoms with Crippen molar-refractivity contribution in [2.45, 2.75) is 34.2 Å². The van der Waals surface area contributed by atoms with Gasteiger partial charge in [-0.05, 0) is 51.5 Å². The van der Waals surface area contributed by atoms with E-state index in [1.807, 2.05) is 6.92 Å². The highest BCUT2D eigenvalue weighted by atomic mass is 35.5. The van der Waals surface area contributed by atoms with Crippen molar-refractivity contribution < 1.29 is 41.8 Å². The first-order valence-corrected chi connectivity index (χ1v) is 16.7. The lowest BCUT2D eigenvalue weighted by Gasteiger charge is -2.07. The topological polar surface area (TPSA) is 159 Å². The van der Waals surface area contributed by atoms with Crippen molar-refractivity contribution in [3.05, 3.63) is 44.0 Å². The Hall–Kier alpha value is -3.11. The number of sulfone groups is 1. The molecule has 0 aliphatic rings. The number of fused-ring (bicyclic) bond motifs is 1. The van der Waals surface area contributed by atoms with Crippen molar-refractivity contribution in [3.8, 4) is 0 Å². The fourth-order valence-corrected chi connectivity index (χ4v) is 7.30. The molecular weight excluding hydrogens is 630 g/mol. The number of anilines is 1. The highest BCUT2D eigenvalue weighted by Crippen LogP contribution is 2.34. The van der Waals surface area contributed by atoms with E-state index in [0.717, 1.165) is 32.9 Å². The number of thiophene rings is 1. The van der Waals surface area contributed by atoms with E-state index < -0.39 is 45.1 Å². The van der Waals surface area contributed by atoms with Gasteiger partial charge < -0.3 is 24.1 Å². The van der Waals surface area contributed by atoms with Crippen LogP contribution in [0.3, 0.4) is 0 Å². The zero-order valence-electron chi connectivity index (χ0n) is 23.4. The molecule has 0 bridgehead atoms. The molecular formula is C26H30ClN3O9S3. The molecule has 1 aromatic carbocycles. The number of halogens is 1. The molecule has 2 amide bonds. The van der Waals surface area contributed by atoms with Crippen molar-refractivity contribution in [2.24, 2.45) is 4.99 Å². The summed E-state index contributed by atoms with van der Waals surface area (Å²) in [5.74, 6) is -5.55. The van der Waals surface area contributed by atoms with Gasteiger partial charge in [0.15, 0.2) is 14.6 Å². The van der Waals surface area contributed by atoms with Gasteiger partial charge in [0.25, 0.3) is 5.91 Å². The maximum atomic E-state index is 12.8. The first-order chi connectivity index (χ1) is 19.9. The summed E-state index contributed by atoms with van der Waals surface area (Å²) in [4.78, 5) is 54.7. The summed E-state index contributed by atoms with van der Waals surface area (Å²) >= 11 is 8.03. The Morgan fingerprint density at radius 1 is 1.00 bits per heavy atom. The molecule has 12 nitrogen and oxygen atoms in total. The Bertz CT molecular complexity index is 1670. The molecule has 0 saturated carbocycles. The van der Waals surface area contributed by atoms with E-state index in [0.29, 0.717) is 24.8 Å².